The van der Waals surface area contributed by atoms with Gasteiger partial charge in [-0.2, -0.15) is 5.10 Å². The third-order valence-electron chi connectivity index (χ3n) is 5.56. The Labute approximate surface area is 155 Å². The topological polar surface area (TPSA) is 72.3 Å². The molecule has 2 amide bonds. The maximum Gasteiger partial charge on any atom is 0.317 e. The largest absolute Gasteiger partial charge is 0.366 e. The van der Waals surface area contributed by atoms with Crippen molar-refractivity contribution in [1.29, 1.82) is 0 Å². The van der Waals surface area contributed by atoms with Crippen LogP contribution in [0.15, 0.2) is 42.7 Å². The summed E-state index contributed by atoms with van der Waals surface area (Å²) in [5.74, 6) is 1.08. The summed E-state index contributed by atoms with van der Waals surface area (Å²) < 4.78 is 20.7. The van der Waals surface area contributed by atoms with Gasteiger partial charge in [-0.25, -0.2) is 18.9 Å². The molecule has 5 rings (SSSR count). The van der Waals surface area contributed by atoms with E-state index in [2.05, 4.69) is 27.6 Å². The lowest BCUT2D eigenvalue weighted by Gasteiger charge is -2.19. The average Bonchev–Trinajstić information content (AvgIpc) is 3.41. The summed E-state index contributed by atoms with van der Waals surface area (Å²) >= 11 is 0. The normalized spacial score (nSPS) is 28.0. The predicted octanol–water partition coefficient (Wildman–Crippen LogP) is 1.56. The number of amides is 2. The van der Waals surface area contributed by atoms with E-state index in [-0.39, 0.29) is 30.6 Å². The fourth-order valence-electron chi connectivity index (χ4n) is 4.27. The van der Waals surface area contributed by atoms with Crippen molar-refractivity contribution in [1.82, 2.24) is 25.0 Å². The zero-order valence-corrected chi connectivity index (χ0v) is 14.7. The number of urea groups is 1. The van der Waals surface area contributed by atoms with Gasteiger partial charge in [0.25, 0.3) is 0 Å². The van der Waals surface area contributed by atoms with Crippen molar-refractivity contribution in [2.24, 2.45) is 11.8 Å². The van der Waals surface area contributed by atoms with E-state index in [1.54, 1.807) is 17.1 Å². The molecule has 0 radical (unpaired) electrons. The number of likely N-dealkylation sites (tertiary alicyclic amines) is 1. The van der Waals surface area contributed by atoms with Gasteiger partial charge in [-0.3, -0.25) is 0 Å². The van der Waals surface area contributed by atoms with E-state index in [1.165, 1.54) is 12.1 Å². The van der Waals surface area contributed by atoms with Gasteiger partial charge in [0.2, 0.25) is 0 Å². The second kappa shape index (κ2) is 6.45. The number of ether oxygens (including phenoxy) is 1. The van der Waals surface area contributed by atoms with Crippen LogP contribution in [0.25, 0.3) is 0 Å². The molecule has 4 heterocycles. The van der Waals surface area contributed by atoms with Gasteiger partial charge in [0.05, 0.1) is 25.3 Å². The summed E-state index contributed by atoms with van der Waals surface area (Å²) in [6.07, 6.45) is 6.15. The average molecular weight is 369 g/mol. The van der Waals surface area contributed by atoms with Crippen LogP contribution in [-0.2, 0) is 17.8 Å². The first kappa shape index (κ1) is 16.4. The van der Waals surface area contributed by atoms with Crippen LogP contribution >= 0.6 is 0 Å². The monoisotopic (exact) mass is 369 g/mol. The van der Waals surface area contributed by atoms with Gasteiger partial charge in [0, 0.05) is 24.9 Å². The summed E-state index contributed by atoms with van der Waals surface area (Å²) in [6.45, 7) is 2.15. The molecule has 1 aromatic carbocycles. The minimum atomic E-state index is -0.274. The first-order valence-electron chi connectivity index (χ1n) is 9.15. The first-order chi connectivity index (χ1) is 13.2. The minimum absolute atomic E-state index is 0.0923. The fraction of sp³-hybridized carbons (Fsp3) is 0.421. The number of aromatic nitrogens is 3. The highest BCUT2D eigenvalue weighted by Crippen LogP contribution is 2.43. The zero-order chi connectivity index (χ0) is 18.4. The molecule has 27 heavy (non-hydrogen) atoms. The molecule has 0 saturated carbocycles. The second-order valence-electron chi connectivity index (χ2n) is 7.33. The highest BCUT2D eigenvalue weighted by Gasteiger charge is 2.51. The van der Waals surface area contributed by atoms with Gasteiger partial charge in [-0.15, -0.1) is 0 Å². The highest BCUT2D eigenvalue weighted by atomic mass is 19.1. The van der Waals surface area contributed by atoms with Gasteiger partial charge in [-0.1, -0.05) is 24.3 Å². The molecule has 140 valence electrons. The van der Waals surface area contributed by atoms with E-state index in [1.807, 2.05) is 11.0 Å². The van der Waals surface area contributed by atoms with Crippen molar-refractivity contribution < 1.29 is 13.9 Å². The molecular weight excluding hydrogens is 349 g/mol. The third kappa shape index (κ3) is 3.10. The van der Waals surface area contributed by atoms with Crippen LogP contribution in [0.1, 0.15) is 11.4 Å². The lowest BCUT2D eigenvalue weighted by atomic mass is 9.86. The van der Waals surface area contributed by atoms with Gasteiger partial charge >= 0.3 is 6.03 Å². The summed E-state index contributed by atoms with van der Waals surface area (Å²) in [5.41, 5.74) is 0.810. The van der Waals surface area contributed by atoms with E-state index in [0.29, 0.717) is 24.2 Å². The van der Waals surface area contributed by atoms with Crippen LogP contribution in [0.4, 0.5) is 9.18 Å². The molecule has 8 heteroatoms. The first-order valence-corrected chi connectivity index (χ1v) is 9.15. The maximum atomic E-state index is 13.3. The van der Waals surface area contributed by atoms with E-state index in [0.717, 1.165) is 18.7 Å². The van der Waals surface area contributed by atoms with Crippen LogP contribution in [-0.4, -0.2) is 51.0 Å². The SMILES string of the molecule is O=C(NCc1ncn(Cc2cccc(F)c2)n1)N1CC2C3C=CC(O3)C2C1. The van der Waals surface area contributed by atoms with Gasteiger partial charge in [0.1, 0.15) is 12.1 Å². The Hall–Kier alpha value is -2.74. The van der Waals surface area contributed by atoms with Crippen molar-refractivity contribution in [3.05, 3.63) is 59.9 Å². The molecule has 4 unspecified atom stereocenters. The van der Waals surface area contributed by atoms with Crippen LogP contribution in [0.2, 0.25) is 0 Å². The van der Waals surface area contributed by atoms with Crippen molar-refractivity contribution in [3.63, 3.8) is 0 Å². The Morgan fingerprint density at radius 3 is 2.78 bits per heavy atom. The fourth-order valence-corrected chi connectivity index (χ4v) is 4.27. The molecule has 2 fully saturated rings. The van der Waals surface area contributed by atoms with Crippen LogP contribution in [0.3, 0.4) is 0 Å². The van der Waals surface area contributed by atoms with Crippen molar-refractivity contribution >= 4 is 6.03 Å². The molecule has 2 aromatic rings. The van der Waals surface area contributed by atoms with E-state index < -0.39 is 0 Å². The molecule has 0 aliphatic carbocycles. The standard InChI is InChI=1S/C19H20FN5O2/c20-13-3-1-2-12(6-13)8-25-11-22-18(23-25)7-21-19(26)24-9-14-15(10-24)17-5-4-16(14)27-17/h1-6,11,14-17H,7-10H2,(H,21,26). The van der Waals surface area contributed by atoms with Crippen LogP contribution in [0, 0.1) is 17.7 Å². The van der Waals surface area contributed by atoms with Crippen molar-refractivity contribution in [3.8, 4) is 0 Å². The lowest BCUT2D eigenvalue weighted by molar-refractivity contribution is 0.0882. The molecule has 3 aliphatic heterocycles. The zero-order valence-electron chi connectivity index (χ0n) is 14.7. The quantitative estimate of drug-likeness (QED) is 0.831. The van der Waals surface area contributed by atoms with Gasteiger partial charge in [-0.05, 0) is 17.7 Å². The number of benzene rings is 1. The highest BCUT2D eigenvalue weighted by molar-refractivity contribution is 5.74. The number of rotatable bonds is 4. The van der Waals surface area contributed by atoms with E-state index >= 15 is 0 Å². The molecule has 2 bridgehead atoms. The number of nitrogens with one attached hydrogen (secondary N) is 1. The molecule has 4 atom stereocenters. The third-order valence-corrected chi connectivity index (χ3v) is 5.56. The summed E-state index contributed by atoms with van der Waals surface area (Å²) in [4.78, 5) is 18.5. The number of nitrogens with zero attached hydrogens (tertiary/aromatic N) is 4. The molecule has 0 spiro atoms. The van der Waals surface area contributed by atoms with E-state index in [4.69, 9.17) is 4.74 Å². The maximum absolute atomic E-state index is 13.3. The number of fused-ring (bicyclic) bond motifs is 5. The van der Waals surface area contributed by atoms with Crippen LogP contribution in [0.5, 0.6) is 0 Å². The van der Waals surface area contributed by atoms with Crippen LogP contribution < -0.4 is 5.32 Å². The molecule has 7 nitrogen and oxygen atoms in total. The second-order valence-corrected chi connectivity index (χ2v) is 7.33. The van der Waals surface area contributed by atoms with Gasteiger partial charge < -0.3 is 15.0 Å². The van der Waals surface area contributed by atoms with Crippen molar-refractivity contribution in [2.45, 2.75) is 25.3 Å². The van der Waals surface area contributed by atoms with Gasteiger partial charge in [0.15, 0.2) is 5.82 Å². The Balaban J connectivity index is 1.14. The number of carbonyl (C=O) groups is 1. The number of carbonyl (C=O) groups excluding carboxylic acids is 1. The summed E-state index contributed by atoms with van der Waals surface area (Å²) in [5, 5.41) is 7.24. The molecule has 1 N–H and O–H groups in total. The number of hydrogen-bond acceptors (Lipinski definition) is 4. The molecular formula is C19H20FN5O2. The summed E-state index contributed by atoms with van der Waals surface area (Å²) in [7, 11) is 0. The Morgan fingerprint density at radius 1 is 1.26 bits per heavy atom. The number of halogens is 1. The Bertz CT molecular complexity index is 878. The minimum Gasteiger partial charge on any atom is -0.366 e. The molecule has 2 saturated heterocycles. The van der Waals surface area contributed by atoms with Crippen molar-refractivity contribution in [2.75, 3.05) is 13.1 Å². The predicted molar refractivity (Wildman–Crippen MR) is 94.1 cm³/mol. The molecule has 1 aromatic heterocycles. The number of hydrogen-bond donors (Lipinski definition) is 1. The summed E-state index contributed by atoms with van der Waals surface area (Å²) in [6, 6.07) is 6.29. The molecule has 3 aliphatic rings. The lowest BCUT2D eigenvalue weighted by Crippen LogP contribution is -2.39. The Kier molecular flexibility index (Phi) is 3.93. The Morgan fingerprint density at radius 2 is 2.04 bits per heavy atom. The smallest absolute Gasteiger partial charge is 0.317 e. The van der Waals surface area contributed by atoms with E-state index in [9.17, 15) is 9.18 Å².